The fourth-order valence-electron chi connectivity index (χ4n) is 4.86. The minimum absolute atomic E-state index is 0.151. The van der Waals surface area contributed by atoms with Crippen LogP contribution in [0.15, 0.2) is 34.7 Å². The number of aromatic hydroxyl groups is 2. The topological polar surface area (TPSA) is 95.2 Å². The minimum atomic E-state index is -0.279. The molecule has 1 aromatic heterocycles. The van der Waals surface area contributed by atoms with Crippen molar-refractivity contribution in [3.05, 3.63) is 47.0 Å². The molecule has 0 atom stereocenters. The lowest BCUT2D eigenvalue weighted by Gasteiger charge is -2.37. The molecule has 0 saturated carbocycles. The zero-order valence-electron chi connectivity index (χ0n) is 17.7. The molecule has 3 aromatic rings. The molecule has 1 spiro atoms. The Labute approximate surface area is 180 Å². The minimum Gasteiger partial charge on any atom is -0.508 e. The van der Waals surface area contributed by atoms with E-state index in [2.05, 4.69) is 10.2 Å². The molecule has 2 fully saturated rings. The lowest BCUT2D eigenvalue weighted by Crippen LogP contribution is -2.44. The van der Waals surface area contributed by atoms with Crippen molar-refractivity contribution < 1.29 is 24.2 Å². The predicted octanol–water partition coefficient (Wildman–Crippen LogP) is 3.40. The van der Waals surface area contributed by atoms with E-state index in [9.17, 15) is 15.0 Å². The number of nitrogens with zero attached hydrogens (tertiary/aromatic N) is 1. The second-order valence-electron chi connectivity index (χ2n) is 8.77. The van der Waals surface area contributed by atoms with Crippen molar-refractivity contribution in [2.24, 2.45) is 5.41 Å². The van der Waals surface area contributed by atoms with Crippen molar-refractivity contribution >= 4 is 16.9 Å². The van der Waals surface area contributed by atoms with Crippen LogP contribution in [-0.2, 0) is 11.3 Å². The van der Waals surface area contributed by atoms with Crippen molar-refractivity contribution in [2.75, 3.05) is 33.4 Å². The van der Waals surface area contributed by atoms with Gasteiger partial charge < -0.3 is 24.7 Å². The first kappa shape index (κ1) is 19.9. The van der Waals surface area contributed by atoms with Gasteiger partial charge in [-0.2, -0.15) is 0 Å². The summed E-state index contributed by atoms with van der Waals surface area (Å²) in [4.78, 5) is 15.3. The quantitative estimate of drug-likeness (QED) is 0.597. The highest BCUT2D eigenvalue weighted by Gasteiger charge is 2.44. The number of phenols is 2. The molecule has 1 amide bonds. The number of amides is 1. The first-order chi connectivity index (χ1) is 14.9. The number of aryl methyl sites for hydroxylation is 1. The van der Waals surface area contributed by atoms with E-state index >= 15 is 0 Å². The Bertz CT molecular complexity index is 1180. The fraction of sp³-hybridized carbons (Fsp3) is 0.375. The highest BCUT2D eigenvalue weighted by Crippen LogP contribution is 2.42. The Morgan fingerprint density at radius 1 is 1.23 bits per heavy atom. The van der Waals surface area contributed by atoms with E-state index < -0.39 is 0 Å². The van der Waals surface area contributed by atoms with E-state index in [1.54, 1.807) is 37.4 Å². The SMILES string of the molecule is CNC(=O)c1c(-c2ccc(O)cc2C)oc2ccc(O)c(CN3CCC4(COC4)C3)c12. The van der Waals surface area contributed by atoms with Gasteiger partial charge in [-0.3, -0.25) is 9.69 Å². The Morgan fingerprint density at radius 2 is 2.03 bits per heavy atom. The number of rotatable bonds is 4. The van der Waals surface area contributed by atoms with Crippen LogP contribution >= 0.6 is 0 Å². The van der Waals surface area contributed by atoms with E-state index in [1.807, 2.05) is 6.92 Å². The van der Waals surface area contributed by atoms with Crippen molar-refractivity contribution in [3.8, 4) is 22.8 Å². The van der Waals surface area contributed by atoms with E-state index in [-0.39, 0.29) is 22.8 Å². The van der Waals surface area contributed by atoms with Crippen molar-refractivity contribution in [2.45, 2.75) is 19.9 Å². The molecular formula is C24H26N2O5. The predicted molar refractivity (Wildman–Crippen MR) is 116 cm³/mol. The summed E-state index contributed by atoms with van der Waals surface area (Å²) in [5, 5.41) is 23.9. The highest BCUT2D eigenvalue weighted by molar-refractivity contribution is 6.12. The third-order valence-corrected chi connectivity index (χ3v) is 6.56. The van der Waals surface area contributed by atoms with Crippen LogP contribution in [-0.4, -0.2) is 54.4 Å². The van der Waals surface area contributed by atoms with Crippen LogP contribution in [0, 0.1) is 12.3 Å². The largest absolute Gasteiger partial charge is 0.508 e. The van der Waals surface area contributed by atoms with Gasteiger partial charge in [0.15, 0.2) is 0 Å². The number of hydrogen-bond acceptors (Lipinski definition) is 6. The van der Waals surface area contributed by atoms with Crippen LogP contribution in [0.4, 0.5) is 0 Å². The van der Waals surface area contributed by atoms with Crippen LogP contribution in [0.25, 0.3) is 22.3 Å². The van der Waals surface area contributed by atoms with E-state index in [1.165, 1.54) is 0 Å². The van der Waals surface area contributed by atoms with Gasteiger partial charge in [-0.1, -0.05) is 0 Å². The van der Waals surface area contributed by atoms with Crippen LogP contribution < -0.4 is 5.32 Å². The van der Waals surface area contributed by atoms with Crippen molar-refractivity contribution in [1.82, 2.24) is 10.2 Å². The Kier molecular flexibility index (Phi) is 4.68. The van der Waals surface area contributed by atoms with Crippen molar-refractivity contribution in [3.63, 3.8) is 0 Å². The van der Waals surface area contributed by atoms with Gasteiger partial charge in [0.2, 0.25) is 0 Å². The van der Waals surface area contributed by atoms with E-state index in [0.29, 0.717) is 34.4 Å². The smallest absolute Gasteiger partial charge is 0.255 e. The average molecular weight is 422 g/mol. The molecule has 31 heavy (non-hydrogen) atoms. The van der Waals surface area contributed by atoms with Crippen LogP contribution in [0.2, 0.25) is 0 Å². The lowest BCUT2D eigenvalue weighted by molar-refractivity contribution is -0.105. The summed E-state index contributed by atoms with van der Waals surface area (Å²) in [7, 11) is 1.58. The Morgan fingerprint density at radius 3 is 2.68 bits per heavy atom. The summed E-state index contributed by atoms with van der Waals surface area (Å²) in [6.45, 7) is 5.82. The first-order valence-corrected chi connectivity index (χ1v) is 10.5. The normalized spacial score (nSPS) is 17.9. The molecule has 7 heteroatoms. The number of ether oxygens (including phenoxy) is 1. The Hall–Kier alpha value is -3.03. The van der Waals surface area contributed by atoms with Gasteiger partial charge in [-0.25, -0.2) is 0 Å². The van der Waals surface area contributed by atoms with E-state index in [4.69, 9.17) is 9.15 Å². The molecule has 5 rings (SSSR count). The molecule has 0 unspecified atom stereocenters. The van der Waals surface area contributed by atoms with E-state index in [0.717, 1.165) is 43.9 Å². The second-order valence-corrected chi connectivity index (χ2v) is 8.77. The average Bonchev–Trinajstić information content (AvgIpc) is 3.32. The zero-order chi connectivity index (χ0) is 21.8. The molecule has 0 bridgehead atoms. The molecule has 2 aromatic carbocycles. The summed E-state index contributed by atoms with van der Waals surface area (Å²) in [5.74, 6) is 0.459. The number of hydrogen-bond donors (Lipinski definition) is 3. The second kappa shape index (κ2) is 7.28. The Balaban J connectivity index is 1.65. The summed E-state index contributed by atoms with van der Waals surface area (Å²) in [5.41, 5.74) is 3.40. The van der Waals surface area contributed by atoms with Gasteiger partial charge in [0, 0.05) is 42.1 Å². The number of benzene rings is 2. The maximum absolute atomic E-state index is 13.0. The standard InChI is InChI=1S/C24H26N2O5/c1-14-9-15(27)3-4-16(14)22-21(23(29)25-2)20-17(18(28)5-6-19(20)31-22)10-26-8-7-24(11-26)12-30-13-24/h3-6,9,27-28H,7-8,10-13H2,1-2H3,(H,25,29). The molecule has 2 aliphatic heterocycles. The number of likely N-dealkylation sites (tertiary alicyclic amines) is 1. The third kappa shape index (κ3) is 3.25. The van der Waals surface area contributed by atoms with Gasteiger partial charge in [0.1, 0.15) is 22.8 Å². The fourth-order valence-corrected chi connectivity index (χ4v) is 4.86. The third-order valence-electron chi connectivity index (χ3n) is 6.56. The van der Waals surface area contributed by atoms with Gasteiger partial charge in [-0.15, -0.1) is 0 Å². The maximum Gasteiger partial charge on any atom is 0.255 e. The molecular weight excluding hydrogens is 396 g/mol. The molecule has 2 aliphatic rings. The number of fused-ring (bicyclic) bond motifs is 1. The number of phenolic OH excluding ortho intramolecular Hbond substituents is 2. The monoisotopic (exact) mass is 422 g/mol. The van der Waals surface area contributed by atoms with Gasteiger partial charge in [0.05, 0.1) is 18.8 Å². The summed E-state index contributed by atoms with van der Waals surface area (Å²) >= 11 is 0. The summed E-state index contributed by atoms with van der Waals surface area (Å²) in [6.07, 6.45) is 1.08. The van der Waals surface area contributed by atoms with Gasteiger partial charge >= 0.3 is 0 Å². The number of furan rings is 1. The summed E-state index contributed by atoms with van der Waals surface area (Å²) < 4.78 is 11.6. The molecule has 3 heterocycles. The maximum atomic E-state index is 13.0. The molecule has 2 saturated heterocycles. The number of carbonyl (C=O) groups excluding carboxylic acids is 1. The molecule has 162 valence electrons. The lowest BCUT2D eigenvalue weighted by atomic mass is 9.85. The zero-order valence-corrected chi connectivity index (χ0v) is 17.7. The number of carbonyl (C=O) groups is 1. The highest BCUT2D eigenvalue weighted by atomic mass is 16.5. The van der Waals surface area contributed by atoms with Crippen LogP contribution in [0.1, 0.15) is 27.9 Å². The van der Waals surface area contributed by atoms with Crippen LogP contribution in [0.3, 0.4) is 0 Å². The first-order valence-electron chi connectivity index (χ1n) is 10.5. The van der Waals surface area contributed by atoms with Crippen LogP contribution in [0.5, 0.6) is 11.5 Å². The van der Waals surface area contributed by atoms with Gasteiger partial charge in [0.25, 0.3) is 5.91 Å². The molecule has 0 radical (unpaired) electrons. The van der Waals surface area contributed by atoms with Crippen molar-refractivity contribution in [1.29, 1.82) is 0 Å². The number of nitrogens with one attached hydrogen (secondary N) is 1. The molecule has 3 N–H and O–H groups in total. The van der Waals surface area contributed by atoms with Gasteiger partial charge in [-0.05, 0) is 55.8 Å². The molecule has 7 nitrogen and oxygen atoms in total. The summed E-state index contributed by atoms with van der Waals surface area (Å²) in [6, 6.07) is 8.28. The molecule has 0 aliphatic carbocycles.